The summed E-state index contributed by atoms with van der Waals surface area (Å²) in [6.45, 7) is 3.19. The predicted octanol–water partition coefficient (Wildman–Crippen LogP) is 1.42. The molecule has 3 heterocycles. The van der Waals surface area contributed by atoms with Crippen LogP contribution in [0.2, 0.25) is 0 Å². The van der Waals surface area contributed by atoms with Gasteiger partial charge in [-0.25, -0.2) is 9.78 Å². The largest absolute Gasteiger partial charge is 0.463 e. The van der Waals surface area contributed by atoms with Gasteiger partial charge in [0.15, 0.2) is 10.8 Å². The van der Waals surface area contributed by atoms with Crippen molar-refractivity contribution in [2.75, 3.05) is 31.7 Å². The standard InChI is InChI=1S/C15H19N3O3S2/c1-3-21-15(19)11-7-17-13(14-16-4-5-22-14)18-8-10(6-12(11)18)9-23(2)20/h4-5,10H,3,6-9H2,1-2H3. The van der Waals surface area contributed by atoms with Crippen LogP contribution in [-0.2, 0) is 20.3 Å². The number of hydrogen-bond donors (Lipinski definition) is 0. The Hall–Kier alpha value is -1.54. The van der Waals surface area contributed by atoms with Gasteiger partial charge in [-0.05, 0) is 19.3 Å². The fourth-order valence-corrected chi connectivity index (χ4v) is 4.55. The lowest BCUT2D eigenvalue weighted by Gasteiger charge is -2.26. The molecule has 124 valence electrons. The number of fused-ring (bicyclic) bond motifs is 1. The molecule has 0 amide bonds. The second-order valence-electron chi connectivity index (χ2n) is 5.54. The van der Waals surface area contributed by atoms with Gasteiger partial charge in [0.25, 0.3) is 0 Å². The van der Waals surface area contributed by atoms with Crippen LogP contribution in [-0.4, -0.2) is 57.6 Å². The zero-order valence-corrected chi connectivity index (χ0v) is 14.8. The molecule has 0 aliphatic carbocycles. The Balaban J connectivity index is 1.92. The molecule has 23 heavy (non-hydrogen) atoms. The number of hydrogen-bond acceptors (Lipinski definition) is 7. The fraction of sp³-hybridized carbons (Fsp3) is 0.533. The number of aromatic nitrogens is 1. The van der Waals surface area contributed by atoms with E-state index in [1.165, 1.54) is 11.3 Å². The number of esters is 1. The van der Waals surface area contributed by atoms with E-state index in [0.29, 0.717) is 24.5 Å². The maximum atomic E-state index is 12.2. The number of carbonyl (C=O) groups is 1. The molecule has 1 aromatic heterocycles. The summed E-state index contributed by atoms with van der Waals surface area (Å²) in [5.74, 6) is 1.39. The van der Waals surface area contributed by atoms with Crippen molar-refractivity contribution in [2.45, 2.75) is 13.3 Å². The molecule has 8 heteroatoms. The van der Waals surface area contributed by atoms with Crippen LogP contribution in [0.5, 0.6) is 0 Å². The van der Waals surface area contributed by atoms with Crippen LogP contribution >= 0.6 is 11.3 Å². The molecule has 6 nitrogen and oxygen atoms in total. The second kappa shape index (κ2) is 6.92. The van der Waals surface area contributed by atoms with Gasteiger partial charge in [0.05, 0.1) is 18.7 Å². The van der Waals surface area contributed by atoms with Crippen molar-refractivity contribution < 1.29 is 13.7 Å². The number of allylic oxidation sites excluding steroid dienone is 1. The third kappa shape index (κ3) is 3.37. The maximum absolute atomic E-state index is 12.2. The van der Waals surface area contributed by atoms with Gasteiger partial charge in [-0.15, -0.1) is 11.3 Å². The number of nitrogens with zero attached hydrogens (tertiary/aromatic N) is 3. The molecule has 1 saturated heterocycles. The van der Waals surface area contributed by atoms with Gasteiger partial charge < -0.3 is 9.64 Å². The molecule has 0 spiro atoms. The third-order valence-electron chi connectivity index (χ3n) is 3.86. The normalized spacial score (nSPS) is 21.9. The van der Waals surface area contributed by atoms with Crippen LogP contribution in [0.15, 0.2) is 27.8 Å². The van der Waals surface area contributed by atoms with E-state index in [2.05, 4.69) is 14.9 Å². The SMILES string of the molecule is CCOC(=O)C1=C2CC(CS(C)=O)CN2C(c2nccs2)=NC1. The Morgan fingerprint density at radius 3 is 3.04 bits per heavy atom. The monoisotopic (exact) mass is 353 g/mol. The zero-order valence-electron chi connectivity index (χ0n) is 13.2. The molecular formula is C15H19N3O3S2. The molecule has 0 saturated carbocycles. The van der Waals surface area contributed by atoms with E-state index in [1.807, 2.05) is 5.38 Å². The first-order valence-electron chi connectivity index (χ1n) is 7.51. The molecule has 2 aliphatic heterocycles. The molecule has 0 radical (unpaired) electrons. The quantitative estimate of drug-likeness (QED) is 0.749. The molecule has 3 rings (SSSR count). The van der Waals surface area contributed by atoms with E-state index < -0.39 is 10.8 Å². The average molecular weight is 353 g/mol. The van der Waals surface area contributed by atoms with Crippen molar-refractivity contribution in [3.63, 3.8) is 0 Å². The molecule has 2 unspecified atom stereocenters. The van der Waals surface area contributed by atoms with Crippen LogP contribution < -0.4 is 0 Å². The number of thiazole rings is 1. The molecule has 1 fully saturated rings. The summed E-state index contributed by atoms with van der Waals surface area (Å²) in [5.41, 5.74) is 1.58. The number of rotatable bonds is 5. The van der Waals surface area contributed by atoms with Crippen LogP contribution in [0.25, 0.3) is 0 Å². The van der Waals surface area contributed by atoms with Gasteiger partial charge in [-0.1, -0.05) is 0 Å². The van der Waals surface area contributed by atoms with Crippen LogP contribution in [0, 0.1) is 5.92 Å². The summed E-state index contributed by atoms with van der Waals surface area (Å²) in [6, 6.07) is 0. The van der Waals surface area contributed by atoms with Crippen LogP contribution in [0.3, 0.4) is 0 Å². The van der Waals surface area contributed by atoms with Gasteiger partial charge in [-0.2, -0.15) is 0 Å². The number of amidine groups is 1. The average Bonchev–Trinajstić information content (AvgIpc) is 3.14. The molecule has 0 bridgehead atoms. The van der Waals surface area contributed by atoms with Crippen molar-refractivity contribution in [3.8, 4) is 0 Å². The van der Waals surface area contributed by atoms with E-state index in [0.717, 1.165) is 29.5 Å². The van der Waals surface area contributed by atoms with Crippen molar-refractivity contribution in [3.05, 3.63) is 27.9 Å². The van der Waals surface area contributed by atoms with E-state index in [1.54, 1.807) is 19.4 Å². The van der Waals surface area contributed by atoms with Gasteiger partial charge in [-0.3, -0.25) is 9.20 Å². The fourth-order valence-electron chi connectivity index (χ4n) is 3.01. The van der Waals surface area contributed by atoms with Crippen molar-refractivity contribution in [1.29, 1.82) is 0 Å². The number of aliphatic imine (C=N–C) groups is 1. The zero-order chi connectivity index (χ0) is 16.4. The Morgan fingerprint density at radius 1 is 1.57 bits per heavy atom. The summed E-state index contributed by atoms with van der Waals surface area (Å²) in [6.07, 6.45) is 4.20. The lowest BCUT2D eigenvalue weighted by molar-refractivity contribution is -0.138. The van der Waals surface area contributed by atoms with E-state index in [4.69, 9.17) is 4.74 Å². The Morgan fingerprint density at radius 2 is 2.39 bits per heavy atom. The van der Waals surface area contributed by atoms with Gasteiger partial charge in [0.1, 0.15) is 0 Å². The van der Waals surface area contributed by atoms with Crippen LogP contribution in [0.4, 0.5) is 0 Å². The first-order valence-corrected chi connectivity index (χ1v) is 10.1. The van der Waals surface area contributed by atoms with E-state index in [-0.39, 0.29) is 11.9 Å². The lowest BCUT2D eigenvalue weighted by Crippen LogP contribution is -2.34. The van der Waals surface area contributed by atoms with E-state index in [9.17, 15) is 9.00 Å². The third-order valence-corrected chi connectivity index (χ3v) is 5.57. The maximum Gasteiger partial charge on any atom is 0.337 e. The Bertz CT molecular complexity index is 682. The second-order valence-corrected chi connectivity index (χ2v) is 7.92. The molecule has 2 aliphatic rings. The highest BCUT2D eigenvalue weighted by molar-refractivity contribution is 7.84. The summed E-state index contributed by atoms with van der Waals surface area (Å²) in [4.78, 5) is 23.2. The summed E-state index contributed by atoms with van der Waals surface area (Å²) >= 11 is 1.53. The Kier molecular flexibility index (Phi) is 4.91. The molecular weight excluding hydrogens is 334 g/mol. The smallest absolute Gasteiger partial charge is 0.337 e. The predicted molar refractivity (Wildman–Crippen MR) is 90.9 cm³/mol. The summed E-state index contributed by atoms with van der Waals surface area (Å²) in [5, 5.41) is 2.76. The minimum Gasteiger partial charge on any atom is -0.463 e. The molecule has 1 aromatic rings. The van der Waals surface area contributed by atoms with Gasteiger partial charge in [0.2, 0.25) is 0 Å². The molecule has 2 atom stereocenters. The highest BCUT2D eigenvalue weighted by Crippen LogP contribution is 2.34. The topological polar surface area (TPSA) is 71.9 Å². The lowest BCUT2D eigenvalue weighted by atomic mass is 10.1. The molecule has 0 aromatic carbocycles. The first-order chi connectivity index (χ1) is 11.1. The van der Waals surface area contributed by atoms with Crippen molar-refractivity contribution >= 4 is 33.9 Å². The summed E-state index contributed by atoms with van der Waals surface area (Å²) in [7, 11) is -0.860. The Labute approximate surface area is 141 Å². The van der Waals surface area contributed by atoms with Gasteiger partial charge in [0, 0.05) is 46.6 Å². The highest BCUT2D eigenvalue weighted by Gasteiger charge is 2.37. The number of carbonyl (C=O) groups excluding carboxylic acids is 1. The highest BCUT2D eigenvalue weighted by atomic mass is 32.2. The van der Waals surface area contributed by atoms with Crippen molar-refractivity contribution in [1.82, 2.24) is 9.88 Å². The van der Waals surface area contributed by atoms with Crippen molar-refractivity contribution in [2.24, 2.45) is 10.9 Å². The van der Waals surface area contributed by atoms with Crippen LogP contribution in [0.1, 0.15) is 18.4 Å². The number of ether oxygens (including phenoxy) is 1. The van der Waals surface area contributed by atoms with Gasteiger partial charge >= 0.3 is 5.97 Å². The minimum atomic E-state index is -0.860. The molecule has 0 N–H and O–H groups in total. The summed E-state index contributed by atoms with van der Waals surface area (Å²) < 4.78 is 16.7. The van der Waals surface area contributed by atoms with E-state index >= 15 is 0 Å². The first kappa shape index (κ1) is 16.3. The minimum absolute atomic E-state index is 0.253.